The third-order valence-electron chi connectivity index (χ3n) is 1.65. The zero-order valence-electron chi connectivity index (χ0n) is 7.00. The van der Waals surface area contributed by atoms with Crippen molar-refractivity contribution in [3.05, 3.63) is 0 Å². The van der Waals surface area contributed by atoms with Gasteiger partial charge in [-0.1, -0.05) is 11.8 Å². The molecule has 0 atom stereocenters. The summed E-state index contributed by atoms with van der Waals surface area (Å²) < 4.78 is 0. The lowest BCUT2D eigenvalue weighted by molar-refractivity contribution is -0.124. The van der Waals surface area contributed by atoms with Crippen LogP contribution in [0.5, 0.6) is 0 Å². The Hall–Kier alpha value is -0.550. The summed E-state index contributed by atoms with van der Waals surface area (Å²) in [6, 6.07) is 0. The fourth-order valence-corrected chi connectivity index (χ4v) is 1.76. The summed E-state index contributed by atoms with van der Waals surface area (Å²) >= 11 is 1.09. The van der Waals surface area contributed by atoms with Crippen LogP contribution in [0.15, 0.2) is 0 Å². The van der Waals surface area contributed by atoms with Gasteiger partial charge in [0.05, 0.1) is 5.75 Å². The summed E-state index contributed by atoms with van der Waals surface area (Å²) in [7, 11) is 1.85. The fourth-order valence-electron chi connectivity index (χ4n) is 1.01. The molecular formula is C7H12N2O2S. The average molecular weight is 188 g/mol. The highest BCUT2D eigenvalue weighted by molar-refractivity contribution is 8.14. The molecule has 0 radical (unpaired) electrons. The molecule has 1 heterocycles. The van der Waals surface area contributed by atoms with E-state index in [1.165, 1.54) is 4.90 Å². The minimum Gasteiger partial charge on any atom is -0.320 e. The van der Waals surface area contributed by atoms with E-state index in [4.69, 9.17) is 0 Å². The standard InChI is InChI=1S/C7H12N2O2S/c1-8-3-2-4-9-6(10)5-12-7(9)11/h8H,2-5H2,1H3. The predicted octanol–water partition coefficient (Wildman–Crippen LogP) is 0.291. The van der Waals surface area contributed by atoms with Crippen molar-refractivity contribution in [1.29, 1.82) is 0 Å². The summed E-state index contributed by atoms with van der Waals surface area (Å²) in [5.41, 5.74) is 0. The molecule has 0 spiro atoms. The van der Waals surface area contributed by atoms with Gasteiger partial charge >= 0.3 is 0 Å². The van der Waals surface area contributed by atoms with Crippen molar-refractivity contribution >= 4 is 22.9 Å². The Morgan fingerprint density at radius 1 is 1.58 bits per heavy atom. The van der Waals surface area contributed by atoms with Crippen molar-refractivity contribution in [1.82, 2.24) is 10.2 Å². The molecule has 12 heavy (non-hydrogen) atoms. The van der Waals surface area contributed by atoms with Gasteiger partial charge in [-0.25, -0.2) is 0 Å². The van der Waals surface area contributed by atoms with Crippen LogP contribution < -0.4 is 5.32 Å². The highest BCUT2D eigenvalue weighted by Gasteiger charge is 2.28. The Balaban J connectivity index is 2.30. The molecule has 1 saturated heterocycles. The molecule has 1 aliphatic rings. The lowest BCUT2D eigenvalue weighted by Crippen LogP contribution is -2.31. The second-order valence-corrected chi connectivity index (χ2v) is 3.48. The topological polar surface area (TPSA) is 49.4 Å². The zero-order valence-corrected chi connectivity index (χ0v) is 7.82. The summed E-state index contributed by atoms with van der Waals surface area (Å²) in [4.78, 5) is 23.4. The van der Waals surface area contributed by atoms with Crippen LogP contribution in [0.4, 0.5) is 4.79 Å². The van der Waals surface area contributed by atoms with Crippen molar-refractivity contribution in [2.75, 3.05) is 25.9 Å². The van der Waals surface area contributed by atoms with Crippen LogP contribution >= 0.6 is 11.8 Å². The predicted molar refractivity (Wildman–Crippen MR) is 48.1 cm³/mol. The van der Waals surface area contributed by atoms with Gasteiger partial charge in [0.1, 0.15) is 0 Å². The van der Waals surface area contributed by atoms with Crippen molar-refractivity contribution in [2.24, 2.45) is 0 Å². The van der Waals surface area contributed by atoms with E-state index < -0.39 is 0 Å². The first kappa shape index (κ1) is 9.54. The van der Waals surface area contributed by atoms with E-state index >= 15 is 0 Å². The number of carbonyl (C=O) groups excluding carboxylic acids is 2. The molecule has 0 aromatic carbocycles. The van der Waals surface area contributed by atoms with Crippen LogP contribution in [0.25, 0.3) is 0 Å². The van der Waals surface area contributed by atoms with E-state index in [1.54, 1.807) is 0 Å². The zero-order chi connectivity index (χ0) is 8.97. The minimum absolute atomic E-state index is 0.0545. The number of amides is 2. The molecule has 4 nitrogen and oxygen atoms in total. The first-order chi connectivity index (χ1) is 5.75. The molecule has 0 aromatic rings. The molecule has 1 aliphatic heterocycles. The molecular weight excluding hydrogens is 176 g/mol. The normalized spacial score (nSPS) is 17.6. The van der Waals surface area contributed by atoms with Gasteiger partial charge in [-0.3, -0.25) is 14.5 Å². The molecule has 0 aliphatic carbocycles. The number of imide groups is 1. The summed E-state index contributed by atoms with van der Waals surface area (Å²) in [5.74, 6) is 0.263. The third-order valence-corrected chi connectivity index (χ3v) is 2.51. The van der Waals surface area contributed by atoms with Crippen LogP contribution in [-0.2, 0) is 4.79 Å². The van der Waals surface area contributed by atoms with E-state index in [1.807, 2.05) is 7.05 Å². The highest BCUT2D eigenvalue weighted by Crippen LogP contribution is 2.18. The Morgan fingerprint density at radius 3 is 2.83 bits per heavy atom. The molecule has 1 N–H and O–H groups in total. The van der Waals surface area contributed by atoms with Gasteiger partial charge in [-0.2, -0.15) is 0 Å². The molecule has 5 heteroatoms. The second kappa shape index (κ2) is 4.47. The molecule has 0 saturated carbocycles. The summed E-state index contributed by atoms with van der Waals surface area (Å²) in [6.07, 6.45) is 0.828. The Kier molecular flexibility index (Phi) is 3.55. The SMILES string of the molecule is CNCCCN1C(=O)CSC1=O. The molecule has 68 valence electrons. The second-order valence-electron chi connectivity index (χ2n) is 2.56. The van der Waals surface area contributed by atoms with Gasteiger partial charge in [-0.15, -0.1) is 0 Å². The van der Waals surface area contributed by atoms with Crippen LogP contribution in [0, 0.1) is 0 Å². The Labute approximate surface area is 75.7 Å². The number of rotatable bonds is 4. The summed E-state index contributed by atoms with van der Waals surface area (Å²) in [6.45, 7) is 1.38. The van der Waals surface area contributed by atoms with E-state index in [-0.39, 0.29) is 11.1 Å². The van der Waals surface area contributed by atoms with Gasteiger partial charge in [0, 0.05) is 6.54 Å². The van der Waals surface area contributed by atoms with E-state index in [9.17, 15) is 9.59 Å². The van der Waals surface area contributed by atoms with Gasteiger partial charge < -0.3 is 5.32 Å². The quantitative estimate of drug-likeness (QED) is 0.644. The van der Waals surface area contributed by atoms with Crippen LogP contribution in [-0.4, -0.2) is 41.9 Å². The van der Waals surface area contributed by atoms with Crippen molar-refractivity contribution in [2.45, 2.75) is 6.42 Å². The Bertz CT molecular complexity index is 180. The lowest BCUT2D eigenvalue weighted by atomic mass is 10.4. The molecule has 1 rings (SSSR count). The lowest BCUT2D eigenvalue weighted by Gasteiger charge is -2.11. The van der Waals surface area contributed by atoms with Gasteiger partial charge in [-0.05, 0) is 20.0 Å². The number of nitrogens with zero attached hydrogens (tertiary/aromatic N) is 1. The molecule has 0 unspecified atom stereocenters. The minimum atomic E-state index is -0.101. The average Bonchev–Trinajstić information content (AvgIpc) is 2.35. The molecule has 0 bridgehead atoms. The number of nitrogens with one attached hydrogen (secondary N) is 1. The van der Waals surface area contributed by atoms with Gasteiger partial charge in [0.25, 0.3) is 5.24 Å². The van der Waals surface area contributed by atoms with Gasteiger partial charge in [0.15, 0.2) is 0 Å². The van der Waals surface area contributed by atoms with Crippen molar-refractivity contribution < 1.29 is 9.59 Å². The monoisotopic (exact) mass is 188 g/mol. The maximum atomic E-state index is 11.0. The smallest absolute Gasteiger partial charge is 0.288 e. The van der Waals surface area contributed by atoms with E-state index in [0.717, 1.165) is 24.7 Å². The van der Waals surface area contributed by atoms with E-state index in [0.29, 0.717) is 12.3 Å². The molecule has 0 aromatic heterocycles. The maximum Gasteiger partial charge on any atom is 0.288 e. The van der Waals surface area contributed by atoms with Gasteiger partial charge in [0.2, 0.25) is 5.91 Å². The highest BCUT2D eigenvalue weighted by atomic mass is 32.2. The first-order valence-corrected chi connectivity index (χ1v) is 4.86. The maximum absolute atomic E-state index is 11.0. The molecule has 2 amide bonds. The van der Waals surface area contributed by atoms with Crippen LogP contribution in [0.3, 0.4) is 0 Å². The van der Waals surface area contributed by atoms with E-state index in [2.05, 4.69) is 5.32 Å². The van der Waals surface area contributed by atoms with Crippen molar-refractivity contribution in [3.63, 3.8) is 0 Å². The first-order valence-electron chi connectivity index (χ1n) is 3.87. The number of carbonyl (C=O) groups is 2. The third kappa shape index (κ3) is 2.22. The summed E-state index contributed by atoms with van der Waals surface area (Å²) in [5, 5.41) is 2.86. The molecule has 1 fully saturated rings. The number of hydrogen-bond donors (Lipinski definition) is 1. The van der Waals surface area contributed by atoms with Crippen LogP contribution in [0.1, 0.15) is 6.42 Å². The van der Waals surface area contributed by atoms with Crippen LogP contribution in [0.2, 0.25) is 0 Å². The Morgan fingerprint density at radius 2 is 2.33 bits per heavy atom. The fraction of sp³-hybridized carbons (Fsp3) is 0.714. The number of thioether (sulfide) groups is 1. The number of hydrogen-bond acceptors (Lipinski definition) is 4. The van der Waals surface area contributed by atoms with Crippen molar-refractivity contribution in [3.8, 4) is 0 Å². The largest absolute Gasteiger partial charge is 0.320 e.